The number of aromatic nitrogens is 1. The van der Waals surface area contributed by atoms with Crippen LogP contribution in [0.1, 0.15) is 6.42 Å². The summed E-state index contributed by atoms with van der Waals surface area (Å²) in [7, 11) is -4.44. The Balaban J connectivity index is 2.96. The number of hydrogen-bond acceptors (Lipinski definition) is 7. The van der Waals surface area contributed by atoms with Crippen LogP contribution in [-0.2, 0) is 19.6 Å². The van der Waals surface area contributed by atoms with Gasteiger partial charge in [0.15, 0.2) is 11.1 Å². The van der Waals surface area contributed by atoms with Crippen LogP contribution in [0.3, 0.4) is 0 Å². The molecule has 1 heterocycles. The van der Waals surface area contributed by atoms with Crippen molar-refractivity contribution < 1.29 is 18.0 Å². The van der Waals surface area contributed by atoms with Gasteiger partial charge in [0.1, 0.15) is 0 Å². The van der Waals surface area contributed by atoms with E-state index in [1.807, 2.05) is 0 Å². The molecule has 20 heavy (non-hydrogen) atoms. The molecule has 1 aromatic rings. The topological polar surface area (TPSA) is 181 Å². The van der Waals surface area contributed by atoms with Gasteiger partial charge in [-0.3, -0.25) is 19.7 Å². The zero-order valence-corrected chi connectivity index (χ0v) is 11.5. The van der Waals surface area contributed by atoms with E-state index in [-0.39, 0.29) is 5.13 Å². The van der Waals surface area contributed by atoms with Gasteiger partial charge in [-0.15, -0.1) is 11.3 Å². The molecule has 0 aliphatic carbocycles. The number of carbonyl (C=O) groups excluding carboxylic acids is 2. The Morgan fingerprint density at radius 3 is 2.50 bits per heavy atom. The third kappa shape index (κ3) is 4.47. The van der Waals surface area contributed by atoms with E-state index in [0.29, 0.717) is 0 Å². The van der Waals surface area contributed by atoms with Gasteiger partial charge in [0, 0.05) is 11.6 Å². The van der Waals surface area contributed by atoms with E-state index in [1.165, 1.54) is 6.20 Å². The summed E-state index contributed by atoms with van der Waals surface area (Å²) in [5.41, 5.74) is 9.81. The third-order valence-electron chi connectivity index (χ3n) is 1.81. The standard InChI is InChI=1S/C8H11N6O4S2/c9-5(15)3-4(20(17,18)14-7(10)11)6(16)13-8-12-1-2-19-8/h1-2H,3H2,(H2,9,15)(H4,10,11,14)(H,12,13,16). The van der Waals surface area contributed by atoms with Crippen molar-refractivity contribution in [3.05, 3.63) is 16.8 Å². The first-order chi connectivity index (χ1) is 9.22. The van der Waals surface area contributed by atoms with Crippen LogP contribution in [0.25, 0.3) is 0 Å². The maximum absolute atomic E-state index is 11.9. The summed E-state index contributed by atoms with van der Waals surface area (Å²) in [5.74, 6) is -3.00. The van der Waals surface area contributed by atoms with E-state index in [0.717, 1.165) is 11.3 Å². The second kappa shape index (κ2) is 6.29. The number of guanidine groups is 1. The van der Waals surface area contributed by atoms with Gasteiger partial charge in [0.05, 0.1) is 6.42 Å². The van der Waals surface area contributed by atoms with Crippen molar-refractivity contribution in [2.75, 3.05) is 5.32 Å². The quantitative estimate of drug-likeness (QED) is 0.307. The monoisotopic (exact) mass is 319 g/mol. The molecule has 0 aromatic carbocycles. The molecule has 0 saturated heterocycles. The van der Waals surface area contributed by atoms with E-state index in [9.17, 15) is 18.0 Å². The summed E-state index contributed by atoms with van der Waals surface area (Å²) < 4.78 is 25.2. The van der Waals surface area contributed by atoms with Gasteiger partial charge in [-0.05, 0) is 0 Å². The van der Waals surface area contributed by atoms with Crippen molar-refractivity contribution >= 4 is 44.3 Å². The van der Waals surface area contributed by atoms with Crippen LogP contribution in [0.15, 0.2) is 11.6 Å². The predicted octanol–water partition coefficient (Wildman–Crippen LogP) is -1.70. The summed E-state index contributed by atoms with van der Waals surface area (Å²) >= 11 is 1.06. The lowest BCUT2D eigenvalue weighted by atomic mass is 10.3. The molecule has 0 unspecified atom stereocenters. The van der Waals surface area contributed by atoms with Gasteiger partial charge < -0.3 is 16.8 Å². The first-order valence-electron chi connectivity index (χ1n) is 4.94. The molecule has 1 rings (SSSR count). The van der Waals surface area contributed by atoms with E-state index >= 15 is 0 Å². The first kappa shape index (κ1) is 15.8. The molecule has 0 aliphatic heterocycles. The van der Waals surface area contributed by atoms with E-state index in [2.05, 4.69) is 10.3 Å². The number of nitrogens with two attached hydrogens (primary N) is 2. The number of anilines is 1. The smallest absolute Gasteiger partial charge is 0.252 e. The Morgan fingerprint density at radius 1 is 1.40 bits per heavy atom. The Hall–Kier alpha value is -2.21. The number of nitrogens with one attached hydrogen (secondary N) is 3. The normalized spacial score (nSPS) is 11.1. The molecule has 1 radical (unpaired) electrons. The Kier molecular flexibility index (Phi) is 4.99. The van der Waals surface area contributed by atoms with Crippen molar-refractivity contribution in [3.8, 4) is 0 Å². The molecule has 0 fully saturated rings. The van der Waals surface area contributed by atoms with Gasteiger partial charge in [-0.1, -0.05) is 0 Å². The van der Waals surface area contributed by atoms with Crippen LogP contribution in [0.4, 0.5) is 5.13 Å². The first-order valence-corrected chi connectivity index (χ1v) is 7.30. The molecule has 0 atom stereocenters. The molecule has 10 nitrogen and oxygen atoms in total. The molecule has 0 aliphatic rings. The highest BCUT2D eigenvalue weighted by atomic mass is 32.2. The van der Waals surface area contributed by atoms with Crippen LogP contribution in [-0.4, -0.2) is 31.2 Å². The summed E-state index contributed by atoms with van der Waals surface area (Å²) in [6.45, 7) is 0. The molecular weight excluding hydrogens is 308 g/mol. The highest BCUT2D eigenvalue weighted by Crippen LogP contribution is 2.18. The number of hydrogen-bond donors (Lipinski definition) is 5. The molecular formula is C8H11N6O4S2. The number of sulfonamides is 1. The van der Waals surface area contributed by atoms with Gasteiger partial charge in [0.25, 0.3) is 15.9 Å². The molecule has 0 spiro atoms. The van der Waals surface area contributed by atoms with Crippen molar-refractivity contribution in [1.82, 2.24) is 9.71 Å². The van der Waals surface area contributed by atoms with Gasteiger partial charge in [-0.25, -0.2) is 13.4 Å². The lowest BCUT2D eigenvalue weighted by Gasteiger charge is -2.14. The fraction of sp³-hybridized carbons (Fsp3) is 0.125. The molecule has 2 amide bonds. The Labute approximate surface area is 118 Å². The second-order valence-corrected chi connectivity index (χ2v) is 5.98. The lowest BCUT2D eigenvalue weighted by molar-refractivity contribution is -0.120. The maximum atomic E-state index is 11.9. The average molecular weight is 319 g/mol. The van der Waals surface area contributed by atoms with Crippen molar-refractivity contribution in [2.45, 2.75) is 6.42 Å². The summed E-state index contributed by atoms with van der Waals surface area (Å²) in [4.78, 5) is 26.5. The minimum Gasteiger partial charge on any atom is -0.370 e. The minimum atomic E-state index is -4.44. The summed E-state index contributed by atoms with van der Waals surface area (Å²) in [5, 5.41) is 9.94. The van der Waals surface area contributed by atoms with Crippen LogP contribution >= 0.6 is 11.3 Å². The number of thiazole rings is 1. The number of carbonyl (C=O) groups is 2. The van der Waals surface area contributed by atoms with Crippen molar-refractivity contribution in [2.24, 2.45) is 11.5 Å². The van der Waals surface area contributed by atoms with Crippen molar-refractivity contribution in [1.29, 1.82) is 5.41 Å². The fourth-order valence-corrected chi connectivity index (χ4v) is 2.68. The summed E-state index contributed by atoms with van der Waals surface area (Å²) in [6, 6.07) is 0. The zero-order valence-electron chi connectivity index (χ0n) is 9.91. The Bertz CT molecular complexity index is 611. The molecule has 12 heteroatoms. The number of nitrogens with zero attached hydrogens (tertiary/aromatic N) is 1. The van der Waals surface area contributed by atoms with Gasteiger partial charge in [-0.2, -0.15) is 0 Å². The van der Waals surface area contributed by atoms with Crippen molar-refractivity contribution in [3.63, 3.8) is 0 Å². The highest BCUT2D eigenvalue weighted by molar-refractivity contribution is 7.93. The molecule has 7 N–H and O–H groups in total. The third-order valence-corrected chi connectivity index (χ3v) is 3.97. The fourth-order valence-electron chi connectivity index (χ4n) is 1.11. The Morgan fingerprint density at radius 2 is 2.05 bits per heavy atom. The second-order valence-electron chi connectivity index (χ2n) is 3.38. The zero-order chi connectivity index (χ0) is 15.3. The minimum absolute atomic E-state index is 0.148. The van der Waals surface area contributed by atoms with Crippen LogP contribution in [0, 0.1) is 10.7 Å². The molecule has 109 valence electrons. The van der Waals surface area contributed by atoms with Crippen LogP contribution in [0.2, 0.25) is 0 Å². The molecule has 0 saturated carbocycles. The highest BCUT2D eigenvalue weighted by Gasteiger charge is 2.36. The SMILES string of the molecule is N=C(N)NS(=O)(=O)[C](CC(N)=O)C(=O)Nc1nccs1. The molecule has 0 bridgehead atoms. The number of amides is 2. The average Bonchev–Trinajstić information content (AvgIpc) is 2.76. The van der Waals surface area contributed by atoms with Gasteiger partial charge in [0.2, 0.25) is 11.2 Å². The van der Waals surface area contributed by atoms with E-state index in [4.69, 9.17) is 16.9 Å². The van der Waals surface area contributed by atoms with Crippen LogP contribution < -0.4 is 21.5 Å². The van der Waals surface area contributed by atoms with Gasteiger partial charge >= 0.3 is 0 Å². The number of primary amides is 1. The van der Waals surface area contributed by atoms with Crippen LogP contribution in [0.5, 0.6) is 0 Å². The number of rotatable bonds is 6. The molecule has 1 aromatic heterocycles. The largest absolute Gasteiger partial charge is 0.370 e. The van der Waals surface area contributed by atoms with E-state index < -0.39 is 39.5 Å². The predicted molar refractivity (Wildman–Crippen MR) is 71.8 cm³/mol. The van der Waals surface area contributed by atoms with E-state index in [1.54, 1.807) is 10.1 Å². The lowest BCUT2D eigenvalue weighted by Crippen LogP contribution is -2.43. The summed E-state index contributed by atoms with van der Waals surface area (Å²) in [6.07, 6.45) is 0.566. The maximum Gasteiger partial charge on any atom is 0.252 e.